The molecule has 2 saturated heterocycles. The lowest BCUT2D eigenvalue weighted by Crippen LogP contribution is -2.55. The van der Waals surface area contributed by atoms with Crippen molar-refractivity contribution in [2.75, 3.05) is 32.7 Å². The number of hydrogen-bond donors (Lipinski definition) is 0. The molecule has 0 N–H and O–H groups in total. The first kappa shape index (κ1) is 23.5. The Bertz CT molecular complexity index is 1150. The third kappa shape index (κ3) is 4.99. The van der Waals surface area contributed by atoms with Crippen LogP contribution in [0.5, 0.6) is 0 Å². The van der Waals surface area contributed by atoms with Crippen LogP contribution in [0.3, 0.4) is 0 Å². The van der Waals surface area contributed by atoms with Gasteiger partial charge in [-0.3, -0.25) is 9.69 Å². The molecule has 9 heteroatoms. The second kappa shape index (κ2) is 8.95. The Balaban J connectivity index is 1.41. The van der Waals surface area contributed by atoms with E-state index in [2.05, 4.69) is 0 Å². The standard InChI is InChI=1S/C24H31N3O5S/c1-24(2,3)32-23(29)27-12-6-9-21(27)22(28)25-13-15-26(16-14-25)33(30,31)20-11-10-18-7-4-5-8-19(18)17-20/h4-5,7-8,10-11,17,21H,6,9,12-16H2,1-3H3/t21-/m0/s1. The van der Waals surface area contributed by atoms with E-state index >= 15 is 0 Å². The molecule has 2 fully saturated rings. The summed E-state index contributed by atoms with van der Waals surface area (Å²) in [6.07, 6.45) is 0.857. The summed E-state index contributed by atoms with van der Waals surface area (Å²) in [5.74, 6) is -0.138. The topological polar surface area (TPSA) is 87.2 Å². The number of fused-ring (bicyclic) bond motifs is 1. The highest BCUT2D eigenvalue weighted by Crippen LogP contribution is 2.25. The maximum Gasteiger partial charge on any atom is 0.410 e. The monoisotopic (exact) mass is 473 g/mol. The van der Waals surface area contributed by atoms with Crippen molar-refractivity contribution in [2.45, 2.75) is 50.2 Å². The van der Waals surface area contributed by atoms with Crippen LogP contribution in [0.2, 0.25) is 0 Å². The quantitative estimate of drug-likeness (QED) is 0.684. The molecule has 0 spiro atoms. The van der Waals surface area contributed by atoms with Crippen LogP contribution in [0, 0.1) is 0 Å². The van der Waals surface area contributed by atoms with E-state index < -0.39 is 27.8 Å². The Morgan fingerprint density at radius 2 is 1.61 bits per heavy atom. The number of sulfonamides is 1. The third-order valence-electron chi connectivity index (χ3n) is 6.07. The highest BCUT2D eigenvalue weighted by Gasteiger charge is 2.40. The summed E-state index contributed by atoms with van der Waals surface area (Å²) in [6.45, 7) is 6.92. The second-order valence-corrected chi connectivity index (χ2v) is 11.5. The van der Waals surface area contributed by atoms with Crippen LogP contribution in [-0.2, 0) is 19.6 Å². The molecule has 33 heavy (non-hydrogen) atoms. The van der Waals surface area contributed by atoms with E-state index in [-0.39, 0.29) is 23.9 Å². The molecule has 2 aromatic carbocycles. The molecule has 2 aromatic rings. The molecular weight excluding hydrogens is 442 g/mol. The summed E-state index contributed by atoms with van der Waals surface area (Å²) in [5.41, 5.74) is -0.629. The van der Waals surface area contributed by atoms with Crippen molar-refractivity contribution in [2.24, 2.45) is 0 Å². The number of hydrogen-bond acceptors (Lipinski definition) is 5. The van der Waals surface area contributed by atoms with Gasteiger partial charge < -0.3 is 9.64 Å². The zero-order chi connectivity index (χ0) is 23.8. The van der Waals surface area contributed by atoms with Crippen molar-refractivity contribution in [1.29, 1.82) is 0 Å². The largest absolute Gasteiger partial charge is 0.444 e. The minimum absolute atomic E-state index is 0.138. The van der Waals surface area contributed by atoms with Gasteiger partial charge in [0.2, 0.25) is 15.9 Å². The van der Waals surface area contributed by atoms with Gasteiger partial charge in [0.15, 0.2) is 0 Å². The van der Waals surface area contributed by atoms with Gasteiger partial charge in [-0.2, -0.15) is 4.31 Å². The number of benzene rings is 2. The molecule has 2 heterocycles. The predicted octanol–water partition coefficient (Wildman–Crippen LogP) is 3.07. The first-order valence-corrected chi connectivity index (χ1v) is 12.8. The Kier molecular flexibility index (Phi) is 6.37. The minimum Gasteiger partial charge on any atom is -0.444 e. The highest BCUT2D eigenvalue weighted by atomic mass is 32.2. The highest BCUT2D eigenvalue weighted by molar-refractivity contribution is 7.89. The Morgan fingerprint density at radius 3 is 2.27 bits per heavy atom. The van der Waals surface area contributed by atoms with E-state index in [1.165, 1.54) is 9.21 Å². The second-order valence-electron chi connectivity index (χ2n) is 9.57. The van der Waals surface area contributed by atoms with Crippen LogP contribution in [-0.4, -0.2) is 78.9 Å². The number of carbonyl (C=O) groups is 2. The summed E-state index contributed by atoms with van der Waals surface area (Å²) in [4.78, 5) is 29.1. The molecule has 8 nitrogen and oxygen atoms in total. The fourth-order valence-electron chi connectivity index (χ4n) is 4.40. The fraction of sp³-hybridized carbons (Fsp3) is 0.500. The molecule has 2 aliphatic heterocycles. The van der Waals surface area contributed by atoms with E-state index in [1.807, 2.05) is 30.3 Å². The molecule has 178 valence electrons. The lowest BCUT2D eigenvalue weighted by atomic mass is 10.1. The lowest BCUT2D eigenvalue weighted by molar-refractivity contribution is -0.137. The molecule has 0 saturated carbocycles. The van der Waals surface area contributed by atoms with Crippen LogP contribution >= 0.6 is 0 Å². The zero-order valence-corrected chi connectivity index (χ0v) is 20.2. The average Bonchev–Trinajstić information content (AvgIpc) is 3.27. The summed E-state index contributed by atoms with van der Waals surface area (Å²) in [6, 6.07) is 12.2. The van der Waals surface area contributed by atoms with Crippen LogP contribution in [0.15, 0.2) is 47.4 Å². The van der Waals surface area contributed by atoms with Gasteiger partial charge in [0.1, 0.15) is 11.6 Å². The smallest absolute Gasteiger partial charge is 0.410 e. The van der Waals surface area contributed by atoms with Crippen molar-refractivity contribution in [3.63, 3.8) is 0 Å². The molecule has 0 aromatic heterocycles. The fourth-order valence-corrected chi connectivity index (χ4v) is 5.86. The van der Waals surface area contributed by atoms with Gasteiger partial charge in [0.05, 0.1) is 4.90 Å². The number of nitrogens with zero attached hydrogens (tertiary/aromatic N) is 3. The maximum atomic E-state index is 13.2. The van der Waals surface area contributed by atoms with Crippen molar-refractivity contribution >= 4 is 32.8 Å². The Hall–Kier alpha value is -2.65. The van der Waals surface area contributed by atoms with Gasteiger partial charge in [-0.05, 0) is 56.5 Å². The van der Waals surface area contributed by atoms with E-state index in [9.17, 15) is 18.0 Å². The molecule has 4 rings (SSSR count). The summed E-state index contributed by atoms with van der Waals surface area (Å²) < 4.78 is 33.3. The minimum atomic E-state index is -3.66. The van der Waals surface area contributed by atoms with Gasteiger partial charge in [0, 0.05) is 32.7 Å². The van der Waals surface area contributed by atoms with E-state index in [4.69, 9.17) is 4.74 Å². The summed E-state index contributed by atoms with van der Waals surface area (Å²) >= 11 is 0. The van der Waals surface area contributed by atoms with Crippen LogP contribution in [0.25, 0.3) is 10.8 Å². The summed E-state index contributed by atoms with van der Waals surface area (Å²) in [7, 11) is -3.66. The molecule has 0 unspecified atom stereocenters. The number of rotatable bonds is 3. The lowest BCUT2D eigenvalue weighted by Gasteiger charge is -2.37. The number of ether oxygens (including phenoxy) is 1. The molecular formula is C24H31N3O5S. The predicted molar refractivity (Wildman–Crippen MR) is 125 cm³/mol. The molecule has 0 aliphatic carbocycles. The molecule has 0 radical (unpaired) electrons. The van der Waals surface area contributed by atoms with Gasteiger partial charge >= 0.3 is 6.09 Å². The van der Waals surface area contributed by atoms with Crippen molar-refractivity contribution < 1.29 is 22.7 Å². The van der Waals surface area contributed by atoms with Crippen LogP contribution in [0.4, 0.5) is 4.79 Å². The average molecular weight is 474 g/mol. The van der Waals surface area contributed by atoms with Crippen molar-refractivity contribution in [3.05, 3.63) is 42.5 Å². The van der Waals surface area contributed by atoms with Gasteiger partial charge in [-0.1, -0.05) is 30.3 Å². The Morgan fingerprint density at radius 1 is 0.939 bits per heavy atom. The van der Waals surface area contributed by atoms with Gasteiger partial charge in [-0.25, -0.2) is 13.2 Å². The SMILES string of the molecule is CC(C)(C)OC(=O)N1CCC[C@H]1C(=O)N1CCN(S(=O)(=O)c2ccc3ccccc3c2)CC1. The maximum absolute atomic E-state index is 13.2. The van der Waals surface area contributed by atoms with Gasteiger partial charge in [0.25, 0.3) is 0 Å². The van der Waals surface area contributed by atoms with E-state index in [0.717, 1.165) is 17.2 Å². The zero-order valence-electron chi connectivity index (χ0n) is 19.4. The number of piperazine rings is 1. The van der Waals surface area contributed by atoms with Crippen LogP contribution < -0.4 is 0 Å². The number of likely N-dealkylation sites (tertiary alicyclic amines) is 1. The normalized spacial score (nSPS) is 20.3. The number of carbonyl (C=O) groups excluding carboxylic acids is 2. The van der Waals surface area contributed by atoms with Crippen LogP contribution in [0.1, 0.15) is 33.6 Å². The van der Waals surface area contributed by atoms with E-state index in [0.29, 0.717) is 26.1 Å². The molecule has 2 aliphatic rings. The summed E-state index contributed by atoms with van der Waals surface area (Å²) in [5, 5.41) is 1.86. The third-order valence-corrected chi connectivity index (χ3v) is 7.97. The first-order valence-electron chi connectivity index (χ1n) is 11.3. The number of amides is 2. The molecule has 2 amide bonds. The van der Waals surface area contributed by atoms with E-state index in [1.54, 1.807) is 37.8 Å². The molecule has 1 atom stereocenters. The molecule has 0 bridgehead atoms. The van der Waals surface area contributed by atoms with Crippen molar-refractivity contribution in [3.8, 4) is 0 Å². The Labute approximate surface area is 195 Å². The van der Waals surface area contributed by atoms with Gasteiger partial charge in [-0.15, -0.1) is 0 Å². The van der Waals surface area contributed by atoms with Crippen molar-refractivity contribution in [1.82, 2.24) is 14.1 Å². The first-order chi connectivity index (χ1) is 15.6.